The molecule has 0 aromatic heterocycles. The molecule has 1 aliphatic rings. The van der Waals surface area contributed by atoms with E-state index in [1.165, 1.54) is 43.4 Å². The van der Waals surface area contributed by atoms with Gasteiger partial charge in [0, 0.05) is 11.9 Å². The van der Waals surface area contributed by atoms with E-state index in [9.17, 15) is 0 Å². The van der Waals surface area contributed by atoms with E-state index in [2.05, 4.69) is 40.3 Å². The van der Waals surface area contributed by atoms with Crippen molar-refractivity contribution >= 4 is 11.4 Å². The van der Waals surface area contributed by atoms with Crippen molar-refractivity contribution in [3.8, 4) is 0 Å². The molecular formula is C23H38N2. The molecule has 1 atom stereocenters. The van der Waals surface area contributed by atoms with Gasteiger partial charge in [0.15, 0.2) is 0 Å². The summed E-state index contributed by atoms with van der Waals surface area (Å²) in [5.74, 6) is 1.15. The fourth-order valence-corrected chi connectivity index (χ4v) is 2.81. The highest BCUT2D eigenvalue weighted by atomic mass is 14.8. The molecule has 0 bridgehead atoms. The van der Waals surface area contributed by atoms with E-state index in [4.69, 9.17) is 9.98 Å². The van der Waals surface area contributed by atoms with Crippen molar-refractivity contribution in [2.75, 3.05) is 0 Å². The van der Waals surface area contributed by atoms with Crippen LogP contribution in [0.25, 0.3) is 0 Å². The third-order valence-electron chi connectivity index (χ3n) is 5.27. The van der Waals surface area contributed by atoms with Gasteiger partial charge in [-0.15, -0.1) is 0 Å². The Bertz CT molecular complexity index is 530. The van der Waals surface area contributed by atoms with E-state index < -0.39 is 0 Å². The molecule has 2 nitrogen and oxygen atoms in total. The number of hydrogen-bond acceptors (Lipinski definition) is 2. The van der Waals surface area contributed by atoms with Crippen molar-refractivity contribution in [3.05, 3.63) is 36.2 Å². The van der Waals surface area contributed by atoms with Gasteiger partial charge in [-0.25, -0.2) is 0 Å². The van der Waals surface area contributed by atoms with Gasteiger partial charge in [-0.2, -0.15) is 0 Å². The van der Waals surface area contributed by atoms with Gasteiger partial charge in [0.25, 0.3) is 0 Å². The quantitative estimate of drug-likeness (QED) is 0.214. The van der Waals surface area contributed by atoms with Gasteiger partial charge >= 0.3 is 0 Å². The van der Waals surface area contributed by atoms with Crippen molar-refractivity contribution in [2.24, 2.45) is 21.8 Å². The number of rotatable bonds is 11. The Balaban J connectivity index is 3.14. The highest BCUT2D eigenvalue weighted by Gasteiger charge is 2.20. The highest BCUT2D eigenvalue weighted by Crippen LogP contribution is 2.33. The van der Waals surface area contributed by atoms with Gasteiger partial charge in [0.1, 0.15) is 0 Å². The third-order valence-corrected chi connectivity index (χ3v) is 5.27. The SMILES string of the molecule is C=C(/C=C(N=C(C)C(C)CC)/C(CCCCC)=N\C=C/C)C1CCC1. The van der Waals surface area contributed by atoms with E-state index in [1.807, 2.05) is 19.2 Å². The molecule has 1 unspecified atom stereocenters. The Morgan fingerprint density at radius 3 is 2.48 bits per heavy atom. The number of hydrogen-bond donors (Lipinski definition) is 0. The maximum Gasteiger partial charge on any atom is 0.0846 e. The second-order valence-corrected chi connectivity index (χ2v) is 7.31. The molecule has 0 spiro atoms. The number of nitrogens with zero attached hydrogens (tertiary/aromatic N) is 2. The first-order chi connectivity index (χ1) is 12.0. The first kappa shape index (κ1) is 21.6. The third kappa shape index (κ3) is 7.54. The van der Waals surface area contributed by atoms with Crippen LogP contribution in [0.2, 0.25) is 0 Å². The Hall–Kier alpha value is -1.44. The van der Waals surface area contributed by atoms with Gasteiger partial charge in [-0.1, -0.05) is 52.7 Å². The molecule has 0 N–H and O–H groups in total. The van der Waals surface area contributed by atoms with Gasteiger partial charge in [-0.3, -0.25) is 9.98 Å². The van der Waals surface area contributed by atoms with E-state index in [1.54, 1.807) is 0 Å². The van der Waals surface area contributed by atoms with Crippen LogP contribution in [0.3, 0.4) is 0 Å². The lowest BCUT2D eigenvalue weighted by Gasteiger charge is -2.26. The predicted molar refractivity (Wildman–Crippen MR) is 114 cm³/mol. The molecule has 0 amide bonds. The first-order valence-electron chi connectivity index (χ1n) is 10.2. The fraction of sp³-hybridized carbons (Fsp3) is 0.652. The summed E-state index contributed by atoms with van der Waals surface area (Å²) in [6, 6.07) is 0. The minimum atomic E-state index is 0.499. The Morgan fingerprint density at radius 1 is 1.24 bits per heavy atom. The van der Waals surface area contributed by atoms with E-state index in [-0.39, 0.29) is 0 Å². The fourth-order valence-electron chi connectivity index (χ4n) is 2.81. The zero-order chi connectivity index (χ0) is 18.7. The summed E-state index contributed by atoms with van der Waals surface area (Å²) in [6.45, 7) is 15.2. The van der Waals surface area contributed by atoms with Gasteiger partial charge in [0.05, 0.1) is 11.4 Å². The smallest absolute Gasteiger partial charge is 0.0846 e. The molecule has 0 aromatic carbocycles. The number of aliphatic imine (C=N–C) groups is 2. The summed E-state index contributed by atoms with van der Waals surface area (Å²) in [7, 11) is 0. The van der Waals surface area contributed by atoms with Crippen LogP contribution in [0, 0.1) is 11.8 Å². The van der Waals surface area contributed by atoms with Crippen molar-refractivity contribution in [1.82, 2.24) is 0 Å². The topological polar surface area (TPSA) is 24.7 Å². The lowest BCUT2D eigenvalue weighted by molar-refractivity contribution is 0.375. The van der Waals surface area contributed by atoms with Crippen molar-refractivity contribution < 1.29 is 0 Å². The van der Waals surface area contributed by atoms with Crippen LogP contribution < -0.4 is 0 Å². The molecule has 0 radical (unpaired) electrons. The van der Waals surface area contributed by atoms with Crippen LogP contribution >= 0.6 is 0 Å². The maximum absolute atomic E-state index is 5.01. The second-order valence-electron chi connectivity index (χ2n) is 7.31. The monoisotopic (exact) mass is 342 g/mol. The number of allylic oxidation sites excluding steroid dienone is 4. The van der Waals surface area contributed by atoms with Crippen LogP contribution in [0.1, 0.15) is 86.0 Å². The molecule has 1 fully saturated rings. The van der Waals surface area contributed by atoms with Crippen molar-refractivity contribution in [3.63, 3.8) is 0 Å². The van der Waals surface area contributed by atoms with E-state index in [0.717, 1.165) is 30.7 Å². The molecule has 2 heteroatoms. The second kappa shape index (κ2) is 12.0. The summed E-state index contributed by atoms with van der Waals surface area (Å²) >= 11 is 0. The molecule has 1 aliphatic carbocycles. The zero-order valence-corrected chi connectivity index (χ0v) is 17.1. The molecule has 0 aliphatic heterocycles. The maximum atomic E-state index is 5.01. The van der Waals surface area contributed by atoms with Crippen LogP contribution in [0.5, 0.6) is 0 Å². The minimum absolute atomic E-state index is 0.499. The van der Waals surface area contributed by atoms with Gasteiger partial charge < -0.3 is 0 Å². The Labute approximate surface area is 155 Å². The molecule has 25 heavy (non-hydrogen) atoms. The predicted octanol–water partition coefficient (Wildman–Crippen LogP) is 7.29. The lowest BCUT2D eigenvalue weighted by Crippen LogP contribution is -2.14. The summed E-state index contributed by atoms with van der Waals surface area (Å²) in [4.78, 5) is 9.74. The summed E-state index contributed by atoms with van der Waals surface area (Å²) in [5, 5.41) is 0. The summed E-state index contributed by atoms with van der Waals surface area (Å²) in [5.41, 5.74) is 4.56. The van der Waals surface area contributed by atoms with E-state index >= 15 is 0 Å². The molecule has 0 aromatic rings. The van der Waals surface area contributed by atoms with Crippen LogP contribution in [0.15, 0.2) is 46.2 Å². The largest absolute Gasteiger partial charge is 0.259 e. The molecule has 0 saturated heterocycles. The van der Waals surface area contributed by atoms with Crippen LogP contribution in [-0.2, 0) is 0 Å². The average molecular weight is 343 g/mol. The minimum Gasteiger partial charge on any atom is -0.259 e. The first-order valence-corrected chi connectivity index (χ1v) is 10.2. The Kier molecular flexibility index (Phi) is 10.4. The van der Waals surface area contributed by atoms with Gasteiger partial charge in [0.2, 0.25) is 0 Å². The lowest BCUT2D eigenvalue weighted by atomic mass is 9.80. The van der Waals surface area contributed by atoms with Crippen LogP contribution in [-0.4, -0.2) is 11.4 Å². The van der Waals surface area contributed by atoms with E-state index in [0.29, 0.717) is 11.8 Å². The average Bonchev–Trinajstić information content (AvgIpc) is 2.54. The summed E-state index contributed by atoms with van der Waals surface area (Å²) < 4.78 is 0. The zero-order valence-electron chi connectivity index (χ0n) is 17.1. The van der Waals surface area contributed by atoms with Gasteiger partial charge in [-0.05, 0) is 69.4 Å². The molecular weight excluding hydrogens is 304 g/mol. The standard InChI is InChI=1S/C23H38N2/c1-7-10-11-15-22(24-16-8-2)23(25-20(6)18(4)9-3)17-19(5)21-13-12-14-21/h8,16-18,21H,5,7,9-15H2,1-4,6H3/b16-8-,23-17-,24-22-,25-20?. The molecule has 1 saturated carbocycles. The van der Waals surface area contributed by atoms with Crippen molar-refractivity contribution in [2.45, 2.75) is 86.0 Å². The normalized spacial score (nSPS) is 18.5. The van der Waals surface area contributed by atoms with Crippen LogP contribution in [0.4, 0.5) is 0 Å². The highest BCUT2D eigenvalue weighted by molar-refractivity contribution is 6.03. The molecule has 1 rings (SSSR count). The molecule has 140 valence electrons. The number of unbranched alkanes of at least 4 members (excludes halogenated alkanes) is 2. The molecule has 0 heterocycles. The van der Waals surface area contributed by atoms with Crippen molar-refractivity contribution in [1.29, 1.82) is 0 Å². The Morgan fingerprint density at radius 2 is 1.96 bits per heavy atom. The summed E-state index contributed by atoms with van der Waals surface area (Å²) in [6.07, 6.45) is 15.7.